The molecule has 2 heterocycles. The number of nitrogens with one attached hydrogen (secondary N) is 1. The number of rotatable bonds is 3. The van der Waals surface area contributed by atoms with E-state index in [4.69, 9.17) is 0 Å². The fourth-order valence-electron chi connectivity index (χ4n) is 3.81. The van der Waals surface area contributed by atoms with Crippen LogP contribution in [0.3, 0.4) is 0 Å². The number of nitrogens with zero attached hydrogens (tertiary/aromatic N) is 2. The molecule has 0 bridgehead atoms. The topological polar surface area (TPSA) is 44.7 Å². The number of halogens is 2. The van der Waals surface area contributed by atoms with E-state index >= 15 is 0 Å². The van der Waals surface area contributed by atoms with Gasteiger partial charge in [-0.2, -0.15) is 0 Å². The Morgan fingerprint density at radius 1 is 1.22 bits per heavy atom. The SMILES string of the molecule is CC1CCCN(c2ccc(N=CC3C(=O)Nc4ccc(F)cc43)cc2F)C1. The van der Waals surface area contributed by atoms with Crippen molar-refractivity contribution < 1.29 is 13.6 Å². The Labute approximate surface area is 156 Å². The first-order valence-corrected chi connectivity index (χ1v) is 9.20. The zero-order chi connectivity index (χ0) is 19.0. The smallest absolute Gasteiger partial charge is 0.237 e. The van der Waals surface area contributed by atoms with Crippen molar-refractivity contribution in [1.82, 2.24) is 0 Å². The summed E-state index contributed by atoms with van der Waals surface area (Å²) in [6, 6.07) is 9.02. The highest BCUT2D eigenvalue weighted by atomic mass is 19.1. The molecule has 27 heavy (non-hydrogen) atoms. The standard InChI is InChI=1S/C21H21F2N3O/c1-13-3-2-8-26(12-13)20-7-5-15(10-18(20)23)24-11-17-16-9-14(22)4-6-19(16)25-21(17)27/h4-7,9-11,13,17H,2-3,8,12H2,1H3,(H,25,27). The number of carbonyl (C=O) groups excluding carboxylic acids is 1. The number of fused-ring (bicyclic) bond motifs is 1. The minimum Gasteiger partial charge on any atom is -0.369 e. The molecule has 6 heteroatoms. The largest absolute Gasteiger partial charge is 0.369 e. The van der Waals surface area contributed by atoms with Gasteiger partial charge in [-0.05, 0) is 54.7 Å². The van der Waals surface area contributed by atoms with Crippen LogP contribution in [-0.4, -0.2) is 25.2 Å². The summed E-state index contributed by atoms with van der Waals surface area (Å²) in [5.74, 6) is -1.12. The average molecular weight is 369 g/mol. The van der Waals surface area contributed by atoms with Gasteiger partial charge in [0, 0.05) is 31.1 Å². The van der Waals surface area contributed by atoms with Gasteiger partial charge in [-0.15, -0.1) is 0 Å². The van der Waals surface area contributed by atoms with Crippen LogP contribution in [0, 0.1) is 17.6 Å². The molecule has 1 N–H and O–H groups in total. The van der Waals surface area contributed by atoms with E-state index < -0.39 is 11.7 Å². The molecule has 1 saturated heterocycles. The lowest BCUT2D eigenvalue weighted by Crippen LogP contribution is -2.34. The van der Waals surface area contributed by atoms with Crippen LogP contribution in [-0.2, 0) is 4.79 Å². The monoisotopic (exact) mass is 369 g/mol. The predicted octanol–water partition coefficient (Wildman–Crippen LogP) is 4.64. The van der Waals surface area contributed by atoms with Gasteiger partial charge in [-0.1, -0.05) is 6.92 Å². The Morgan fingerprint density at radius 3 is 2.85 bits per heavy atom. The maximum atomic E-state index is 14.6. The van der Waals surface area contributed by atoms with Crippen molar-refractivity contribution in [1.29, 1.82) is 0 Å². The fraction of sp³-hybridized carbons (Fsp3) is 0.333. The van der Waals surface area contributed by atoms with Gasteiger partial charge in [0.2, 0.25) is 5.91 Å². The normalized spacial score (nSPS) is 22.2. The van der Waals surface area contributed by atoms with Gasteiger partial charge in [0.1, 0.15) is 17.6 Å². The molecule has 1 fully saturated rings. The second-order valence-electron chi connectivity index (χ2n) is 7.31. The van der Waals surface area contributed by atoms with Gasteiger partial charge >= 0.3 is 0 Å². The summed E-state index contributed by atoms with van der Waals surface area (Å²) in [6.45, 7) is 3.88. The van der Waals surface area contributed by atoms with Crippen LogP contribution in [0.2, 0.25) is 0 Å². The molecule has 0 aromatic heterocycles. The summed E-state index contributed by atoms with van der Waals surface area (Å²) < 4.78 is 28.1. The molecule has 0 saturated carbocycles. The van der Waals surface area contributed by atoms with E-state index in [1.807, 2.05) is 0 Å². The minimum absolute atomic E-state index is 0.265. The van der Waals surface area contributed by atoms with Gasteiger partial charge in [0.15, 0.2) is 0 Å². The number of hydrogen-bond donors (Lipinski definition) is 1. The van der Waals surface area contributed by atoms with E-state index in [0.29, 0.717) is 28.5 Å². The van der Waals surface area contributed by atoms with E-state index in [0.717, 1.165) is 19.5 Å². The van der Waals surface area contributed by atoms with Crippen LogP contribution in [0.4, 0.5) is 25.8 Å². The van der Waals surface area contributed by atoms with Crippen molar-refractivity contribution in [2.45, 2.75) is 25.7 Å². The van der Waals surface area contributed by atoms with Crippen LogP contribution >= 0.6 is 0 Å². The van der Waals surface area contributed by atoms with Crippen molar-refractivity contribution in [2.24, 2.45) is 10.9 Å². The van der Waals surface area contributed by atoms with Gasteiger partial charge in [-0.3, -0.25) is 9.79 Å². The van der Waals surface area contributed by atoms with Crippen LogP contribution in [0.15, 0.2) is 41.4 Å². The number of hydrogen-bond acceptors (Lipinski definition) is 3. The summed E-state index contributed by atoms with van der Waals surface area (Å²) in [6.07, 6.45) is 3.68. The quantitative estimate of drug-likeness (QED) is 0.801. The predicted molar refractivity (Wildman–Crippen MR) is 103 cm³/mol. The van der Waals surface area contributed by atoms with E-state index in [9.17, 15) is 13.6 Å². The maximum absolute atomic E-state index is 14.6. The van der Waals surface area contributed by atoms with Crippen LogP contribution in [0.25, 0.3) is 0 Å². The lowest BCUT2D eigenvalue weighted by Gasteiger charge is -2.33. The molecule has 1 amide bonds. The summed E-state index contributed by atoms with van der Waals surface area (Å²) >= 11 is 0. The number of amides is 1. The number of aliphatic imine (C=N–C) groups is 1. The van der Waals surface area contributed by atoms with Crippen molar-refractivity contribution in [3.8, 4) is 0 Å². The summed E-state index contributed by atoms with van der Waals surface area (Å²) in [5.41, 5.74) is 2.15. The number of piperidine rings is 1. The highest BCUT2D eigenvalue weighted by molar-refractivity contribution is 6.12. The molecule has 2 unspecified atom stereocenters. The fourth-order valence-corrected chi connectivity index (χ4v) is 3.81. The molecule has 2 atom stereocenters. The van der Waals surface area contributed by atoms with Gasteiger partial charge in [-0.25, -0.2) is 8.78 Å². The molecule has 0 radical (unpaired) electrons. The zero-order valence-electron chi connectivity index (χ0n) is 15.1. The van der Waals surface area contributed by atoms with E-state index in [2.05, 4.69) is 22.1 Å². The third kappa shape index (κ3) is 3.56. The third-order valence-electron chi connectivity index (χ3n) is 5.19. The lowest BCUT2D eigenvalue weighted by atomic mass is 9.99. The number of benzene rings is 2. The van der Waals surface area contributed by atoms with Crippen molar-refractivity contribution in [2.75, 3.05) is 23.3 Å². The Balaban J connectivity index is 1.54. The summed E-state index contributed by atoms with van der Waals surface area (Å²) in [5, 5.41) is 2.70. The second kappa shape index (κ2) is 7.10. The molecule has 2 aliphatic heterocycles. The minimum atomic E-state index is -0.679. The Bertz CT molecular complexity index is 912. The first-order valence-electron chi connectivity index (χ1n) is 9.20. The summed E-state index contributed by atoms with van der Waals surface area (Å²) in [7, 11) is 0. The molecular weight excluding hydrogens is 348 g/mol. The van der Waals surface area contributed by atoms with E-state index in [-0.39, 0.29) is 11.7 Å². The first kappa shape index (κ1) is 17.6. The molecule has 0 aliphatic carbocycles. The Hall–Kier alpha value is -2.76. The van der Waals surface area contributed by atoms with Crippen molar-refractivity contribution in [3.05, 3.63) is 53.6 Å². The van der Waals surface area contributed by atoms with Gasteiger partial charge in [0.05, 0.1) is 11.4 Å². The Morgan fingerprint density at radius 2 is 2.07 bits per heavy atom. The molecule has 2 aliphatic rings. The molecule has 140 valence electrons. The van der Waals surface area contributed by atoms with Crippen LogP contribution < -0.4 is 10.2 Å². The van der Waals surface area contributed by atoms with Crippen molar-refractivity contribution >= 4 is 29.2 Å². The third-order valence-corrected chi connectivity index (χ3v) is 5.19. The highest BCUT2D eigenvalue weighted by Crippen LogP contribution is 2.33. The molecule has 2 aromatic carbocycles. The number of anilines is 2. The van der Waals surface area contributed by atoms with Crippen LogP contribution in [0.5, 0.6) is 0 Å². The molecular formula is C21H21F2N3O. The van der Waals surface area contributed by atoms with Crippen molar-refractivity contribution in [3.63, 3.8) is 0 Å². The number of carbonyl (C=O) groups is 1. The van der Waals surface area contributed by atoms with Gasteiger partial charge in [0.25, 0.3) is 0 Å². The average Bonchev–Trinajstić information content (AvgIpc) is 2.94. The van der Waals surface area contributed by atoms with E-state index in [1.54, 1.807) is 12.1 Å². The maximum Gasteiger partial charge on any atom is 0.237 e. The molecule has 0 spiro atoms. The second-order valence-corrected chi connectivity index (χ2v) is 7.31. The highest BCUT2D eigenvalue weighted by Gasteiger charge is 2.29. The zero-order valence-corrected chi connectivity index (χ0v) is 15.1. The lowest BCUT2D eigenvalue weighted by molar-refractivity contribution is -0.115. The van der Waals surface area contributed by atoms with E-state index in [1.165, 1.54) is 36.9 Å². The molecule has 4 nitrogen and oxygen atoms in total. The van der Waals surface area contributed by atoms with Gasteiger partial charge < -0.3 is 10.2 Å². The first-order chi connectivity index (χ1) is 13.0. The summed E-state index contributed by atoms with van der Waals surface area (Å²) in [4.78, 5) is 18.4. The molecule has 4 rings (SSSR count). The molecule has 2 aromatic rings. The Kier molecular flexibility index (Phi) is 4.64. The van der Waals surface area contributed by atoms with Crippen LogP contribution in [0.1, 0.15) is 31.2 Å².